The van der Waals surface area contributed by atoms with E-state index in [2.05, 4.69) is 14.9 Å². The highest BCUT2D eigenvalue weighted by Gasteiger charge is 2.32. The van der Waals surface area contributed by atoms with Crippen LogP contribution < -0.4 is 4.74 Å². The van der Waals surface area contributed by atoms with Gasteiger partial charge in [-0.1, -0.05) is 6.07 Å². The first-order valence-corrected chi connectivity index (χ1v) is 10.3. The quantitative estimate of drug-likeness (QED) is 0.470. The largest absolute Gasteiger partial charge is 0.435 e. The van der Waals surface area contributed by atoms with Gasteiger partial charge in [-0.2, -0.15) is 18.5 Å². The first kappa shape index (κ1) is 21.0. The van der Waals surface area contributed by atoms with E-state index in [4.69, 9.17) is 9.72 Å². The third-order valence-corrected chi connectivity index (χ3v) is 5.51. The average Bonchev–Trinajstić information content (AvgIpc) is 3.47. The molecular weight excluding hydrogens is 432 g/mol. The van der Waals surface area contributed by atoms with Crippen molar-refractivity contribution >= 4 is 22.7 Å². The fraction of sp³-hybridized carbons (Fsp3) is 0.217. The van der Waals surface area contributed by atoms with E-state index in [9.17, 15) is 13.6 Å². The molecule has 0 spiro atoms. The maximum atomic E-state index is 13.6. The van der Waals surface area contributed by atoms with Crippen molar-refractivity contribution in [1.29, 1.82) is 0 Å². The number of H-pyrrole nitrogens is 1. The lowest BCUT2D eigenvalue weighted by Crippen LogP contribution is -2.38. The van der Waals surface area contributed by atoms with Crippen molar-refractivity contribution in [3.8, 4) is 17.0 Å². The van der Waals surface area contributed by atoms with E-state index < -0.39 is 6.61 Å². The van der Waals surface area contributed by atoms with E-state index in [-0.39, 0.29) is 18.3 Å². The van der Waals surface area contributed by atoms with Crippen LogP contribution in [0.4, 0.5) is 8.78 Å². The Labute approximate surface area is 187 Å². The molecule has 33 heavy (non-hydrogen) atoms. The number of hydrogen-bond acceptors (Lipinski definition) is 5. The van der Waals surface area contributed by atoms with E-state index in [0.717, 1.165) is 16.6 Å². The Hall–Kier alpha value is -3.92. The average molecular weight is 452 g/mol. The third-order valence-electron chi connectivity index (χ3n) is 5.51. The van der Waals surface area contributed by atoms with Gasteiger partial charge in [-0.3, -0.25) is 5.10 Å². The van der Waals surface area contributed by atoms with Gasteiger partial charge in [0.1, 0.15) is 30.2 Å². The second kappa shape index (κ2) is 8.55. The number of rotatable bonds is 5. The molecule has 10 heteroatoms. The number of amides is 1. The smallest absolute Gasteiger partial charge is 0.422 e. The normalized spacial score (nSPS) is 14.3. The molecule has 8 nitrogen and oxygen atoms in total. The van der Waals surface area contributed by atoms with Gasteiger partial charge in [0.25, 0.3) is 0 Å². The zero-order valence-electron chi connectivity index (χ0n) is 17.7. The molecule has 0 saturated heterocycles. The molecule has 5 rings (SSSR count). The van der Waals surface area contributed by atoms with E-state index in [0.29, 0.717) is 35.6 Å². The highest BCUT2D eigenvalue weighted by molar-refractivity contribution is 6.08. The van der Waals surface area contributed by atoms with Gasteiger partial charge >= 0.3 is 12.5 Å². The molecule has 0 atom stereocenters. The minimum atomic E-state index is -2.93. The summed E-state index contributed by atoms with van der Waals surface area (Å²) in [5, 5.41) is 7.44. The van der Waals surface area contributed by atoms with Crippen LogP contribution in [0.3, 0.4) is 0 Å². The molecule has 168 valence electrons. The number of halogens is 2. The highest BCUT2D eigenvalue weighted by atomic mass is 19.3. The van der Waals surface area contributed by atoms with Crippen LogP contribution in [0.15, 0.2) is 55.0 Å². The van der Waals surface area contributed by atoms with E-state index >= 15 is 0 Å². The van der Waals surface area contributed by atoms with E-state index in [1.54, 1.807) is 35.3 Å². The molecule has 4 aromatic rings. The van der Waals surface area contributed by atoms with Crippen molar-refractivity contribution in [3.05, 3.63) is 66.1 Å². The van der Waals surface area contributed by atoms with E-state index in [1.165, 1.54) is 12.1 Å². The summed E-state index contributed by atoms with van der Waals surface area (Å²) in [7, 11) is 1.83. The minimum Gasteiger partial charge on any atom is -0.435 e. The Balaban J connectivity index is 1.57. The molecule has 4 heterocycles. The standard InChI is InChI=1S/C23H20F2N5O3/c1-29-12-18(17-5-6-19(28-21(17)29)15-10-26-27-11-15)22(31)30-7-8-32-13-20(30)14-3-2-4-16(9-14)33-23(24)25/h2-6,9-12,23H,7-8,13H2,1H3,(H,26,27)/q+1. The Morgan fingerprint density at radius 3 is 2.94 bits per heavy atom. The first-order chi connectivity index (χ1) is 16.0. The molecule has 1 N–H and O–H groups in total. The van der Waals surface area contributed by atoms with Crippen molar-refractivity contribution in [2.24, 2.45) is 7.05 Å². The second-order valence-corrected chi connectivity index (χ2v) is 7.57. The maximum Gasteiger partial charge on any atom is 0.422 e. The lowest BCUT2D eigenvalue weighted by Gasteiger charge is -2.15. The van der Waals surface area contributed by atoms with Gasteiger partial charge in [-0.15, -0.1) is 0 Å². The number of aromatic nitrogens is 4. The molecule has 0 bridgehead atoms. The molecule has 0 saturated carbocycles. The number of aryl methyl sites for hydroxylation is 1. The number of carbonyl (C=O) groups is 1. The molecule has 1 aromatic carbocycles. The molecular formula is C23H20F2N5O3+. The van der Waals surface area contributed by atoms with Crippen LogP contribution in [0.5, 0.6) is 5.75 Å². The Morgan fingerprint density at radius 1 is 1.27 bits per heavy atom. The van der Waals surface area contributed by atoms with Crippen LogP contribution in [0, 0.1) is 0 Å². The summed E-state index contributed by atoms with van der Waals surface area (Å²) in [4.78, 5) is 18.3. The number of nitrogens with one attached hydrogen (secondary N) is 1. The van der Waals surface area contributed by atoms with Crippen molar-refractivity contribution in [1.82, 2.24) is 19.7 Å². The van der Waals surface area contributed by atoms with Gasteiger partial charge in [0, 0.05) is 36.0 Å². The fourth-order valence-electron chi connectivity index (χ4n) is 3.97. The maximum absolute atomic E-state index is 13.6. The first-order valence-electron chi connectivity index (χ1n) is 10.3. The summed E-state index contributed by atoms with van der Waals surface area (Å²) >= 11 is 0. The number of ether oxygens (including phenoxy) is 2. The number of carbonyl (C=O) groups excluding carboxylic acids is 1. The topological polar surface area (TPSA) is 85.0 Å². The molecule has 3 aromatic heterocycles. The summed E-state index contributed by atoms with van der Waals surface area (Å²) in [6, 6.07) is 9.99. The second-order valence-electron chi connectivity index (χ2n) is 7.57. The zero-order valence-corrected chi connectivity index (χ0v) is 17.7. The molecule has 0 fully saturated rings. The highest BCUT2D eigenvalue weighted by Crippen LogP contribution is 2.25. The number of pyridine rings is 1. The molecule has 0 aliphatic carbocycles. The van der Waals surface area contributed by atoms with Crippen LogP contribution >= 0.6 is 0 Å². The zero-order chi connectivity index (χ0) is 22.9. The summed E-state index contributed by atoms with van der Waals surface area (Å²) in [5.41, 5.74) is 3.93. The lowest BCUT2D eigenvalue weighted by atomic mass is 10.1. The van der Waals surface area contributed by atoms with Gasteiger partial charge in [0.15, 0.2) is 6.54 Å². The summed E-state index contributed by atoms with van der Waals surface area (Å²) in [5.74, 6) is -0.189. The molecule has 0 radical (unpaired) electrons. The number of alkyl halides is 2. The van der Waals surface area contributed by atoms with Crippen LogP contribution in [0.2, 0.25) is 0 Å². The predicted molar refractivity (Wildman–Crippen MR) is 116 cm³/mol. The summed E-state index contributed by atoms with van der Waals surface area (Å²) < 4.78 is 38.9. The lowest BCUT2D eigenvalue weighted by molar-refractivity contribution is -0.443. The molecule has 1 aliphatic heterocycles. The van der Waals surface area contributed by atoms with Crippen molar-refractivity contribution in [3.63, 3.8) is 0 Å². The van der Waals surface area contributed by atoms with Crippen LogP contribution in [-0.2, 0) is 11.8 Å². The third kappa shape index (κ3) is 4.00. The number of benzene rings is 1. The summed E-state index contributed by atoms with van der Waals surface area (Å²) in [6.07, 6.45) is 5.19. The van der Waals surface area contributed by atoms with Crippen molar-refractivity contribution in [2.75, 3.05) is 19.8 Å². The van der Waals surface area contributed by atoms with Gasteiger partial charge in [-0.25, -0.2) is 9.78 Å². The monoisotopic (exact) mass is 452 g/mol. The van der Waals surface area contributed by atoms with Gasteiger partial charge in [0.05, 0.1) is 11.9 Å². The van der Waals surface area contributed by atoms with E-state index in [1.807, 2.05) is 23.7 Å². The van der Waals surface area contributed by atoms with Crippen LogP contribution in [-0.4, -0.2) is 62.3 Å². The van der Waals surface area contributed by atoms with Gasteiger partial charge in [0.2, 0.25) is 5.71 Å². The fourth-order valence-corrected chi connectivity index (χ4v) is 3.97. The van der Waals surface area contributed by atoms with Crippen LogP contribution in [0.25, 0.3) is 22.3 Å². The number of nitrogens with zero attached hydrogens (tertiary/aromatic N) is 4. The minimum absolute atomic E-state index is 0.0223. The number of aromatic amines is 1. The Morgan fingerprint density at radius 2 is 2.15 bits per heavy atom. The molecule has 0 unspecified atom stereocenters. The van der Waals surface area contributed by atoms with Crippen LogP contribution in [0.1, 0.15) is 15.9 Å². The number of hydrogen-bond donors (Lipinski definition) is 1. The van der Waals surface area contributed by atoms with Gasteiger partial charge in [-0.05, 0) is 30.3 Å². The molecule has 1 amide bonds. The number of fused-ring (bicyclic) bond motifs is 1. The molecule has 1 aliphatic rings. The Kier molecular flexibility index (Phi) is 5.43. The summed E-state index contributed by atoms with van der Waals surface area (Å²) in [6.45, 7) is -2.04. The van der Waals surface area contributed by atoms with Crippen molar-refractivity contribution in [2.45, 2.75) is 6.61 Å². The SMILES string of the molecule is Cn1cc(C(=O)[N+]2=C(c3cccc(OC(F)F)c3)COCC2)c2ccc(-c3cn[nH]c3)nc21. The Bertz CT molecular complexity index is 1360. The predicted octanol–water partition coefficient (Wildman–Crippen LogP) is 3.24. The van der Waals surface area contributed by atoms with Crippen molar-refractivity contribution < 1.29 is 27.6 Å². The van der Waals surface area contributed by atoms with Gasteiger partial charge < -0.3 is 14.0 Å².